The summed E-state index contributed by atoms with van der Waals surface area (Å²) in [6, 6.07) is 23.4. The molecule has 1 saturated carbocycles. The molecule has 0 heterocycles. The molecule has 196 valence electrons. The summed E-state index contributed by atoms with van der Waals surface area (Å²) in [5.74, 6) is 2.16. The van der Waals surface area contributed by atoms with Gasteiger partial charge in [0.1, 0.15) is 0 Å². The van der Waals surface area contributed by atoms with Gasteiger partial charge in [0.15, 0.2) is 0 Å². The molecule has 3 aromatic carbocycles. The van der Waals surface area contributed by atoms with Crippen molar-refractivity contribution >= 4 is 22.9 Å². The third-order valence-corrected chi connectivity index (χ3v) is 9.94. The average molecular weight is 517 g/mol. The van der Waals surface area contributed by atoms with Gasteiger partial charge in [-0.25, -0.2) is 0 Å². The van der Waals surface area contributed by atoms with Gasteiger partial charge in [0.2, 0.25) is 0 Å². The van der Waals surface area contributed by atoms with Gasteiger partial charge in [0.05, 0.1) is 0 Å². The van der Waals surface area contributed by atoms with Crippen molar-refractivity contribution < 1.29 is 0 Å². The molecule has 4 atom stereocenters. The molecular formula is C40H36. The van der Waals surface area contributed by atoms with Crippen molar-refractivity contribution in [1.29, 1.82) is 0 Å². The van der Waals surface area contributed by atoms with Crippen LogP contribution in [0.1, 0.15) is 61.1 Å². The second-order valence-electron chi connectivity index (χ2n) is 12.2. The summed E-state index contributed by atoms with van der Waals surface area (Å²) in [6.45, 7) is 0. The molecule has 10 rings (SSSR count). The smallest absolute Gasteiger partial charge is 0.0177 e. The van der Waals surface area contributed by atoms with Crippen LogP contribution in [0.4, 0.5) is 0 Å². The first kappa shape index (κ1) is 23.9. The van der Waals surface area contributed by atoms with Crippen LogP contribution in [0, 0.1) is 17.8 Å². The van der Waals surface area contributed by atoms with Crippen LogP contribution in [0.5, 0.6) is 0 Å². The summed E-state index contributed by atoms with van der Waals surface area (Å²) in [5.41, 5.74) is 11.9. The van der Waals surface area contributed by atoms with E-state index in [1.165, 1.54) is 88.3 Å². The molecule has 0 saturated heterocycles. The fraction of sp³-hybridized carbons (Fsp3) is 0.250. The van der Waals surface area contributed by atoms with Crippen molar-refractivity contribution in [3.63, 3.8) is 0 Å². The normalized spacial score (nSPS) is 26.9. The highest BCUT2D eigenvalue weighted by molar-refractivity contribution is 6.00. The van der Waals surface area contributed by atoms with Gasteiger partial charge < -0.3 is 0 Å². The number of hydrogen-bond donors (Lipinski definition) is 0. The second kappa shape index (κ2) is 9.93. The first-order chi connectivity index (χ1) is 19.9. The van der Waals surface area contributed by atoms with E-state index in [4.69, 9.17) is 0 Å². The predicted octanol–water partition coefficient (Wildman–Crippen LogP) is 10.5. The topological polar surface area (TPSA) is 0 Å². The van der Waals surface area contributed by atoms with Crippen molar-refractivity contribution in [3.8, 4) is 0 Å². The average Bonchev–Trinajstić information content (AvgIpc) is 3.03. The van der Waals surface area contributed by atoms with E-state index >= 15 is 0 Å². The lowest BCUT2D eigenvalue weighted by molar-refractivity contribution is 0.318. The Kier molecular flexibility index (Phi) is 5.95. The van der Waals surface area contributed by atoms with Crippen molar-refractivity contribution in [2.75, 3.05) is 0 Å². The number of benzene rings is 3. The van der Waals surface area contributed by atoms with E-state index in [0.717, 1.165) is 0 Å². The highest BCUT2D eigenvalue weighted by atomic mass is 14.5. The van der Waals surface area contributed by atoms with E-state index in [2.05, 4.69) is 85.0 Å². The van der Waals surface area contributed by atoms with Gasteiger partial charge in [-0.1, -0.05) is 160 Å². The molecule has 0 amide bonds. The molecule has 0 spiro atoms. The first-order valence-corrected chi connectivity index (χ1v) is 15.4. The van der Waals surface area contributed by atoms with Crippen molar-refractivity contribution in [3.05, 3.63) is 154 Å². The summed E-state index contributed by atoms with van der Waals surface area (Å²) in [5, 5.41) is 2.87. The molecule has 4 unspecified atom stereocenters. The molecular weight excluding hydrogens is 480 g/mol. The summed E-state index contributed by atoms with van der Waals surface area (Å²) < 4.78 is 0. The van der Waals surface area contributed by atoms with Crippen LogP contribution in [0.3, 0.4) is 0 Å². The zero-order chi connectivity index (χ0) is 26.5. The molecule has 7 aliphatic carbocycles. The van der Waals surface area contributed by atoms with Gasteiger partial charge in [0.25, 0.3) is 0 Å². The van der Waals surface area contributed by atoms with Gasteiger partial charge in [-0.2, -0.15) is 0 Å². The Morgan fingerprint density at radius 2 is 1.10 bits per heavy atom. The van der Waals surface area contributed by atoms with Crippen LogP contribution in [-0.4, -0.2) is 0 Å². The molecule has 0 aliphatic heterocycles. The van der Waals surface area contributed by atoms with Crippen LogP contribution in [0.2, 0.25) is 0 Å². The van der Waals surface area contributed by atoms with E-state index in [9.17, 15) is 0 Å². The van der Waals surface area contributed by atoms with Crippen LogP contribution in [0.25, 0.3) is 22.9 Å². The number of rotatable bonds is 0. The maximum Gasteiger partial charge on any atom is 0.0177 e. The quantitative estimate of drug-likeness (QED) is 0.279. The van der Waals surface area contributed by atoms with Gasteiger partial charge >= 0.3 is 0 Å². The highest BCUT2D eigenvalue weighted by Gasteiger charge is 2.50. The summed E-state index contributed by atoms with van der Waals surface area (Å²) in [4.78, 5) is 0. The van der Waals surface area contributed by atoms with E-state index in [-0.39, 0.29) is 0 Å². The summed E-state index contributed by atoms with van der Waals surface area (Å²) >= 11 is 0. The molecule has 0 N–H and O–H groups in total. The lowest BCUT2D eigenvalue weighted by Crippen LogP contribution is -2.41. The van der Waals surface area contributed by atoms with Gasteiger partial charge in [-0.3, -0.25) is 0 Å². The highest BCUT2D eigenvalue weighted by Crippen LogP contribution is 2.62. The first-order valence-electron chi connectivity index (χ1n) is 15.4. The van der Waals surface area contributed by atoms with Crippen molar-refractivity contribution in [1.82, 2.24) is 0 Å². The Bertz CT molecular complexity index is 1660. The number of allylic oxidation sites excluding steroid dienone is 12. The van der Waals surface area contributed by atoms with Gasteiger partial charge in [-0.05, 0) is 55.3 Å². The van der Waals surface area contributed by atoms with Gasteiger partial charge in [0, 0.05) is 23.7 Å². The molecule has 7 aliphatic rings. The van der Waals surface area contributed by atoms with E-state index in [1.54, 1.807) is 5.56 Å². The zero-order valence-electron chi connectivity index (χ0n) is 23.1. The minimum atomic E-state index is 0.499. The molecule has 3 aromatic rings. The zero-order valence-corrected chi connectivity index (χ0v) is 23.1. The lowest BCUT2D eigenvalue weighted by atomic mass is 9.51. The minimum Gasteiger partial charge on any atom is -0.0623 e. The molecule has 0 bridgehead atoms. The van der Waals surface area contributed by atoms with E-state index in [0.29, 0.717) is 23.7 Å². The fourth-order valence-electron chi connectivity index (χ4n) is 8.28. The summed E-state index contributed by atoms with van der Waals surface area (Å²) in [6.07, 6.45) is 30.6. The SMILES string of the molecule is C1=CC2=CC3=Cc4ccc5cccc6c5c4C4C(=C6)C=C5C=CC(=C1)C2C5C34.C1CCCCC1.c1ccccc1. The molecule has 0 nitrogen and oxygen atoms in total. The predicted molar refractivity (Wildman–Crippen MR) is 170 cm³/mol. The maximum absolute atomic E-state index is 2.52. The monoisotopic (exact) mass is 516 g/mol. The lowest BCUT2D eigenvalue weighted by Gasteiger charge is -2.52. The summed E-state index contributed by atoms with van der Waals surface area (Å²) in [7, 11) is 0. The second-order valence-corrected chi connectivity index (χ2v) is 12.2. The van der Waals surface area contributed by atoms with Crippen LogP contribution >= 0.6 is 0 Å². The molecule has 40 heavy (non-hydrogen) atoms. The molecule has 0 radical (unpaired) electrons. The maximum atomic E-state index is 2.52. The Balaban J connectivity index is 0.000000171. The molecule has 0 aromatic heterocycles. The van der Waals surface area contributed by atoms with E-state index in [1.807, 2.05) is 36.4 Å². The van der Waals surface area contributed by atoms with Crippen LogP contribution in [-0.2, 0) is 0 Å². The number of hydrogen-bond acceptors (Lipinski definition) is 0. The Hall–Kier alpha value is -3.90. The van der Waals surface area contributed by atoms with Crippen LogP contribution < -0.4 is 0 Å². The van der Waals surface area contributed by atoms with Gasteiger partial charge in [-0.15, -0.1) is 0 Å². The Morgan fingerprint density at radius 1 is 0.450 bits per heavy atom. The minimum absolute atomic E-state index is 0.499. The largest absolute Gasteiger partial charge is 0.0623 e. The third-order valence-electron chi connectivity index (χ3n) is 9.94. The Morgan fingerprint density at radius 3 is 1.85 bits per heavy atom. The molecule has 1 fully saturated rings. The third kappa shape index (κ3) is 3.88. The van der Waals surface area contributed by atoms with Crippen LogP contribution in [0.15, 0.2) is 137 Å². The standard InChI is InChI=1S/C28H18.C6H12.C6H6/c1-3-15-7-9-19-14-22-12-18-6-2-4-16-8-10-20-13-21-11-17(5-1)23(15)25(19)27(21)28(22)26(20)24(16)18;2*1-2-4-6-5-3-1/h1-14,23,25,27-28H;1-6H2;1-6H. The fourth-order valence-corrected chi connectivity index (χ4v) is 8.28. The Labute approximate surface area is 238 Å². The molecule has 0 heteroatoms. The van der Waals surface area contributed by atoms with Crippen molar-refractivity contribution in [2.45, 2.75) is 44.4 Å². The van der Waals surface area contributed by atoms with Crippen molar-refractivity contribution in [2.24, 2.45) is 17.8 Å². The van der Waals surface area contributed by atoms with E-state index < -0.39 is 0 Å².